The first-order chi connectivity index (χ1) is 17.7. The zero-order chi connectivity index (χ0) is 26.2. The zero-order valence-corrected chi connectivity index (χ0v) is 22.3. The number of halogens is 1. The van der Waals surface area contributed by atoms with Gasteiger partial charge in [0.2, 0.25) is 5.88 Å². The number of ether oxygens (including phenoxy) is 2. The summed E-state index contributed by atoms with van der Waals surface area (Å²) < 4.78 is 10.7. The number of rotatable bonds is 4. The fourth-order valence-electron chi connectivity index (χ4n) is 5.16. The number of nitrogens with one attached hydrogen (secondary N) is 1. The van der Waals surface area contributed by atoms with E-state index in [2.05, 4.69) is 26.3 Å². The molecule has 2 aromatic heterocycles. The van der Waals surface area contributed by atoms with Crippen LogP contribution >= 0.6 is 11.6 Å². The van der Waals surface area contributed by atoms with Gasteiger partial charge in [0, 0.05) is 34.2 Å². The Morgan fingerprint density at radius 2 is 1.92 bits per heavy atom. The molecule has 0 amide bonds. The molecule has 37 heavy (non-hydrogen) atoms. The number of hydrogen-bond donors (Lipinski definition) is 1. The minimum atomic E-state index is -0.772. The van der Waals surface area contributed by atoms with Crippen LogP contribution in [0.25, 0.3) is 11.8 Å². The molecule has 5 rings (SSSR count). The van der Waals surface area contributed by atoms with Gasteiger partial charge in [-0.05, 0) is 64.7 Å². The van der Waals surface area contributed by atoms with Gasteiger partial charge in [-0.2, -0.15) is 15.3 Å². The lowest BCUT2D eigenvalue weighted by atomic mass is 9.78. The number of hydrogen-bond acceptors (Lipinski definition) is 8. The molecule has 10 heteroatoms. The Morgan fingerprint density at radius 3 is 2.65 bits per heavy atom. The first-order valence-corrected chi connectivity index (χ1v) is 13.0. The van der Waals surface area contributed by atoms with Crippen LogP contribution < -0.4 is 20.5 Å². The molecule has 2 aromatic rings. The monoisotopic (exact) mass is 525 g/mol. The highest BCUT2D eigenvalue weighted by Crippen LogP contribution is 2.40. The van der Waals surface area contributed by atoms with Gasteiger partial charge in [-0.25, -0.2) is 9.78 Å². The molecule has 1 fully saturated rings. The number of anilines is 1. The lowest BCUT2D eigenvalue weighted by molar-refractivity contribution is -0.0116. The van der Waals surface area contributed by atoms with Crippen molar-refractivity contribution in [2.45, 2.75) is 64.5 Å². The van der Waals surface area contributed by atoms with Crippen molar-refractivity contribution >= 4 is 35.2 Å². The second kappa shape index (κ2) is 10.2. The van der Waals surface area contributed by atoms with Gasteiger partial charge in [-0.1, -0.05) is 17.7 Å². The van der Waals surface area contributed by atoms with Gasteiger partial charge in [0.25, 0.3) is 0 Å². The van der Waals surface area contributed by atoms with Gasteiger partial charge >= 0.3 is 6.16 Å². The summed E-state index contributed by atoms with van der Waals surface area (Å²) >= 11 is 6.42. The van der Waals surface area contributed by atoms with Crippen LogP contribution in [0.5, 0.6) is 5.88 Å². The number of fused-ring (bicyclic) bond motifs is 3. The van der Waals surface area contributed by atoms with Gasteiger partial charge in [0.15, 0.2) is 0 Å². The number of allylic oxidation sites excluding steroid dienone is 1. The van der Waals surface area contributed by atoms with Gasteiger partial charge < -0.3 is 19.3 Å². The topological polar surface area (TPSA) is 101 Å². The maximum absolute atomic E-state index is 12.5. The lowest BCUT2D eigenvalue weighted by Crippen LogP contribution is -2.34. The molecule has 0 spiro atoms. The van der Waals surface area contributed by atoms with Crippen LogP contribution in [0.2, 0.25) is 0 Å². The molecule has 4 heterocycles. The van der Waals surface area contributed by atoms with Gasteiger partial charge in [-0.3, -0.25) is 0 Å². The second-order valence-corrected chi connectivity index (χ2v) is 11.0. The fourth-order valence-corrected chi connectivity index (χ4v) is 5.34. The smallest absolute Gasteiger partial charge is 0.481 e. The SMILES string of the molecule is COc1cccc(C2CCC(C3=c4[nH]c5c(c4CN=N3)N(OC(=O)OC(C)(C)C)CC=C(Cl)C=5)CC2)n1. The van der Waals surface area contributed by atoms with E-state index in [1.807, 2.05) is 18.2 Å². The van der Waals surface area contributed by atoms with E-state index in [1.54, 1.807) is 34.0 Å². The number of carbonyl (C=O) groups is 1. The summed E-state index contributed by atoms with van der Waals surface area (Å²) in [5.41, 5.74) is 3.02. The summed E-state index contributed by atoms with van der Waals surface area (Å²) in [7, 11) is 1.64. The van der Waals surface area contributed by atoms with Crippen molar-refractivity contribution in [2.24, 2.45) is 16.1 Å². The molecule has 0 unspecified atom stereocenters. The number of nitrogens with zero attached hydrogens (tertiary/aromatic N) is 4. The van der Waals surface area contributed by atoms with Crippen molar-refractivity contribution in [3.8, 4) is 5.88 Å². The van der Waals surface area contributed by atoms with Gasteiger partial charge in [-0.15, -0.1) is 0 Å². The van der Waals surface area contributed by atoms with E-state index in [0.717, 1.165) is 59.0 Å². The number of carbonyl (C=O) groups excluding carboxylic acids is 1. The molecule has 9 nitrogen and oxygen atoms in total. The Balaban J connectivity index is 1.44. The van der Waals surface area contributed by atoms with Crippen LogP contribution in [0.4, 0.5) is 10.5 Å². The Morgan fingerprint density at radius 1 is 1.16 bits per heavy atom. The Bertz CT molecular complexity index is 1370. The van der Waals surface area contributed by atoms with Gasteiger partial charge in [0.05, 0.1) is 36.6 Å². The number of aromatic nitrogens is 2. The maximum Gasteiger partial charge on any atom is 0.533 e. The largest absolute Gasteiger partial charge is 0.533 e. The first-order valence-electron chi connectivity index (χ1n) is 12.6. The molecule has 196 valence electrons. The van der Waals surface area contributed by atoms with Crippen LogP contribution in [0.3, 0.4) is 0 Å². The third-order valence-electron chi connectivity index (χ3n) is 6.81. The Hall–Kier alpha value is -3.33. The average molecular weight is 526 g/mol. The van der Waals surface area contributed by atoms with Crippen molar-refractivity contribution in [1.29, 1.82) is 0 Å². The summed E-state index contributed by atoms with van der Waals surface area (Å²) in [6.07, 6.45) is 6.83. The third-order valence-corrected chi connectivity index (χ3v) is 7.07. The predicted octanol–water partition coefficient (Wildman–Crippen LogP) is 5.06. The van der Waals surface area contributed by atoms with Crippen LogP contribution in [-0.2, 0) is 16.1 Å². The molecule has 0 radical (unpaired) electrons. The van der Waals surface area contributed by atoms with E-state index in [4.69, 9.17) is 25.9 Å². The number of azo groups is 1. The molecular weight excluding hydrogens is 494 g/mol. The number of H-pyrrole nitrogens is 1. The van der Waals surface area contributed by atoms with Crippen molar-refractivity contribution < 1.29 is 19.1 Å². The standard InChI is InChI=1S/C27H32ClN5O4/c1-27(2,3)36-26(34)37-33-13-12-18(28)14-21-25(33)19-15-29-32-23(24(19)31-21)17-10-8-16(9-11-17)20-6-5-7-22(30-20)35-4/h5-7,12,14,16-17,31H,8-11,13,15H2,1-4H3. The highest BCUT2D eigenvalue weighted by Gasteiger charge is 2.31. The molecule has 2 aliphatic heterocycles. The van der Waals surface area contributed by atoms with E-state index in [-0.39, 0.29) is 12.5 Å². The number of aromatic amines is 1. The first kappa shape index (κ1) is 25.3. The van der Waals surface area contributed by atoms with Crippen LogP contribution in [-0.4, -0.2) is 35.4 Å². The fraction of sp³-hybridized carbons (Fsp3) is 0.481. The maximum atomic E-state index is 12.5. The zero-order valence-electron chi connectivity index (χ0n) is 21.6. The lowest BCUT2D eigenvalue weighted by Gasteiger charge is -2.29. The molecule has 1 saturated carbocycles. The number of hydroxylamine groups is 1. The van der Waals surface area contributed by atoms with E-state index in [1.165, 1.54) is 5.06 Å². The predicted molar refractivity (Wildman–Crippen MR) is 141 cm³/mol. The molecule has 0 atom stereocenters. The number of pyridine rings is 1. The number of methoxy groups -OCH3 is 1. The molecule has 0 saturated heterocycles. The highest BCUT2D eigenvalue weighted by atomic mass is 35.5. The van der Waals surface area contributed by atoms with Crippen molar-refractivity contribution in [3.05, 3.63) is 51.3 Å². The van der Waals surface area contributed by atoms with Crippen LogP contribution in [0, 0.1) is 5.92 Å². The van der Waals surface area contributed by atoms with E-state index in [0.29, 0.717) is 23.4 Å². The summed E-state index contributed by atoms with van der Waals surface area (Å²) in [4.78, 5) is 26.3. The van der Waals surface area contributed by atoms with E-state index < -0.39 is 11.8 Å². The van der Waals surface area contributed by atoms with Crippen LogP contribution in [0.1, 0.15) is 63.6 Å². The van der Waals surface area contributed by atoms with E-state index in [9.17, 15) is 4.79 Å². The summed E-state index contributed by atoms with van der Waals surface area (Å²) in [6, 6.07) is 5.95. The molecule has 3 aliphatic rings. The third kappa shape index (κ3) is 5.51. The minimum absolute atomic E-state index is 0.262. The van der Waals surface area contributed by atoms with Crippen LogP contribution in [0.15, 0.2) is 39.5 Å². The molecule has 0 bridgehead atoms. The van der Waals surface area contributed by atoms with Crippen molar-refractivity contribution in [2.75, 3.05) is 18.7 Å². The second-order valence-electron chi connectivity index (χ2n) is 10.5. The molecule has 0 aromatic carbocycles. The summed E-state index contributed by atoms with van der Waals surface area (Å²) in [5.74, 6) is 1.30. The highest BCUT2D eigenvalue weighted by molar-refractivity contribution is 6.34. The van der Waals surface area contributed by atoms with E-state index >= 15 is 0 Å². The van der Waals surface area contributed by atoms with Crippen molar-refractivity contribution in [3.63, 3.8) is 0 Å². The Labute approximate surface area is 220 Å². The quantitative estimate of drug-likeness (QED) is 0.560. The van der Waals surface area contributed by atoms with Crippen molar-refractivity contribution in [1.82, 2.24) is 9.97 Å². The summed E-state index contributed by atoms with van der Waals surface area (Å²) in [5, 5.41) is 12.8. The average Bonchev–Trinajstić information content (AvgIpc) is 3.15. The minimum Gasteiger partial charge on any atom is -0.481 e. The molecular formula is C27H32ClN5O4. The van der Waals surface area contributed by atoms with Gasteiger partial charge in [0.1, 0.15) is 11.3 Å². The molecule has 1 N–H and O–H groups in total. The summed E-state index contributed by atoms with van der Waals surface area (Å²) in [6.45, 7) is 6.06. The molecule has 1 aliphatic carbocycles. The normalized spacial score (nSPS) is 21.3. The Kier molecular flexibility index (Phi) is 6.98.